The second kappa shape index (κ2) is 8.28. The molecule has 30 heavy (non-hydrogen) atoms. The van der Waals surface area contributed by atoms with Gasteiger partial charge in [-0.3, -0.25) is 9.69 Å². The molecule has 0 bridgehead atoms. The summed E-state index contributed by atoms with van der Waals surface area (Å²) in [5.74, 6) is 0.563. The molecule has 0 aliphatic carbocycles. The third-order valence-corrected chi connectivity index (χ3v) is 8.25. The van der Waals surface area contributed by atoms with Crippen LogP contribution in [-0.2, 0) is 10.0 Å². The summed E-state index contributed by atoms with van der Waals surface area (Å²) >= 11 is 12.1. The van der Waals surface area contributed by atoms with Gasteiger partial charge in [0, 0.05) is 26.2 Å². The van der Waals surface area contributed by atoms with Crippen LogP contribution in [0.1, 0.15) is 18.8 Å². The van der Waals surface area contributed by atoms with Crippen LogP contribution in [0.15, 0.2) is 52.2 Å². The highest BCUT2D eigenvalue weighted by atomic mass is 35.5. The highest BCUT2D eigenvalue weighted by Crippen LogP contribution is 2.31. The first-order valence-corrected chi connectivity index (χ1v) is 11.7. The Balaban J connectivity index is 1.52. The molecule has 2 aromatic carbocycles. The molecule has 3 aromatic rings. The number of rotatable bonds is 4. The van der Waals surface area contributed by atoms with Crippen molar-refractivity contribution in [2.45, 2.75) is 17.9 Å². The van der Waals surface area contributed by atoms with E-state index in [2.05, 4.69) is 14.9 Å². The Morgan fingerprint density at radius 1 is 1.03 bits per heavy atom. The van der Waals surface area contributed by atoms with Crippen molar-refractivity contribution in [1.82, 2.24) is 19.2 Å². The van der Waals surface area contributed by atoms with Gasteiger partial charge in [0.1, 0.15) is 10.7 Å². The number of aromatic nitrogens is 2. The van der Waals surface area contributed by atoms with Crippen LogP contribution < -0.4 is 5.56 Å². The molecule has 1 aliphatic heterocycles. The molecule has 1 fully saturated rings. The molecule has 158 valence electrons. The SMILES string of the molecule is C[C@H](c1nc2ccccc2c(=O)[nH]1)N1CCN(S(=O)(=O)c2cccc(Cl)c2Cl)CC1. The Morgan fingerprint density at radius 2 is 1.73 bits per heavy atom. The molecule has 0 saturated carbocycles. The van der Waals surface area contributed by atoms with Gasteiger partial charge >= 0.3 is 0 Å². The van der Waals surface area contributed by atoms with Gasteiger partial charge in [-0.05, 0) is 31.2 Å². The van der Waals surface area contributed by atoms with E-state index in [1.807, 2.05) is 13.0 Å². The van der Waals surface area contributed by atoms with Crippen molar-refractivity contribution < 1.29 is 8.42 Å². The summed E-state index contributed by atoms with van der Waals surface area (Å²) in [6.45, 7) is 3.54. The normalized spacial score (nSPS) is 17.3. The van der Waals surface area contributed by atoms with Gasteiger partial charge in [-0.25, -0.2) is 13.4 Å². The molecule has 10 heteroatoms. The van der Waals surface area contributed by atoms with Gasteiger partial charge in [0.2, 0.25) is 10.0 Å². The molecular formula is C20H20Cl2N4O3S. The van der Waals surface area contributed by atoms with E-state index >= 15 is 0 Å². The Bertz CT molecular complexity index is 1250. The number of nitrogens with zero attached hydrogens (tertiary/aromatic N) is 3. The van der Waals surface area contributed by atoms with Crippen LogP contribution in [0.5, 0.6) is 0 Å². The largest absolute Gasteiger partial charge is 0.309 e. The number of piperazine rings is 1. The molecule has 0 radical (unpaired) electrons. The van der Waals surface area contributed by atoms with Crippen LogP contribution >= 0.6 is 23.2 Å². The fourth-order valence-corrected chi connectivity index (χ4v) is 5.79. The van der Waals surface area contributed by atoms with E-state index in [-0.39, 0.29) is 26.5 Å². The summed E-state index contributed by atoms with van der Waals surface area (Å²) < 4.78 is 27.4. The Labute approximate surface area is 184 Å². The molecule has 1 atom stereocenters. The third kappa shape index (κ3) is 3.86. The lowest BCUT2D eigenvalue weighted by molar-refractivity contribution is 0.141. The Hall–Kier alpha value is -1.97. The van der Waals surface area contributed by atoms with Crippen LogP contribution in [0.2, 0.25) is 10.0 Å². The number of sulfonamides is 1. The molecule has 0 unspecified atom stereocenters. The number of aromatic amines is 1. The second-order valence-electron chi connectivity index (χ2n) is 7.14. The zero-order valence-corrected chi connectivity index (χ0v) is 18.5. The first-order valence-electron chi connectivity index (χ1n) is 9.46. The molecule has 2 heterocycles. The summed E-state index contributed by atoms with van der Waals surface area (Å²) in [7, 11) is -3.75. The van der Waals surface area contributed by atoms with E-state index < -0.39 is 10.0 Å². The predicted octanol–water partition coefficient (Wildman–Crippen LogP) is 3.30. The maximum atomic E-state index is 13.0. The van der Waals surface area contributed by atoms with Gasteiger partial charge in [0.25, 0.3) is 5.56 Å². The average molecular weight is 467 g/mol. The Kier molecular flexibility index (Phi) is 5.87. The fourth-order valence-electron chi connectivity index (χ4n) is 3.63. The minimum absolute atomic E-state index is 0.0127. The summed E-state index contributed by atoms with van der Waals surface area (Å²) in [4.78, 5) is 21.9. The molecule has 1 N–H and O–H groups in total. The summed E-state index contributed by atoms with van der Waals surface area (Å²) in [5, 5.41) is 0.784. The Morgan fingerprint density at radius 3 is 2.47 bits per heavy atom. The number of hydrogen-bond donors (Lipinski definition) is 1. The van der Waals surface area contributed by atoms with Gasteiger partial charge in [-0.2, -0.15) is 4.31 Å². The van der Waals surface area contributed by atoms with E-state index in [1.165, 1.54) is 10.4 Å². The maximum absolute atomic E-state index is 13.0. The number of hydrogen-bond acceptors (Lipinski definition) is 5. The van der Waals surface area contributed by atoms with E-state index in [1.54, 1.807) is 30.3 Å². The van der Waals surface area contributed by atoms with Crippen LogP contribution in [-0.4, -0.2) is 53.8 Å². The smallest absolute Gasteiger partial charge is 0.258 e. The van der Waals surface area contributed by atoms with Crippen LogP contribution in [0.3, 0.4) is 0 Å². The van der Waals surface area contributed by atoms with Crippen LogP contribution in [0.4, 0.5) is 0 Å². The van der Waals surface area contributed by atoms with Gasteiger partial charge in [-0.1, -0.05) is 41.4 Å². The van der Waals surface area contributed by atoms with Crippen molar-refractivity contribution in [3.05, 3.63) is 68.7 Å². The quantitative estimate of drug-likeness (QED) is 0.637. The topological polar surface area (TPSA) is 86.4 Å². The zero-order valence-electron chi connectivity index (χ0n) is 16.2. The number of benzene rings is 2. The summed E-state index contributed by atoms with van der Waals surface area (Å²) in [6.07, 6.45) is 0. The maximum Gasteiger partial charge on any atom is 0.258 e. The molecule has 0 spiro atoms. The fraction of sp³-hybridized carbons (Fsp3) is 0.300. The number of fused-ring (bicyclic) bond motifs is 1. The molecular weight excluding hydrogens is 447 g/mol. The van der Waals surface area contributed by atoms with E-state index in [0.717, 1.165) is 0 Å². The molecule has 0 amide bonds. The molecule has 7 nitrogen and oxygen atoms in total. The molecule has 1 saturated heterocycles. The monoisotopic (exact) mass is 466 g/mol. The van der Waals surface area contributed by atoms with Crippen molar-refractivity contribution in [2.75, 3.05) is 26.2 Å². The number of para-hydroxylation sites is 1. The van der Waals surface area contributed by atoms with Crippen molar-refractivity contribution in [3.8, 4) is 0 Å². The minimum atomic E-state index is -3.75. The van der Waals surface area contributed by atoms with Crippen LogP contribution in [0, 0.1) is 0 Å². The van der Waals surface area contributed by atoms with Crippen molar-refractivity contribution in [3.63, 3.8) is 0 Å². The number of nitrogens with one attached hydrogen (secondary N) is 1. The van der Waals surface area contributed by atoms with E-state index in [0.29, 0.717) is 42.9 Å². The zero-order chi connectivity index (χ0) is 21.5. The third-order valence-electron chi connectivity index (χ3n) is 5.38. The highest BCUT2D eigenvalue weighted by molar-refractivity contribution is 7.89. The lowest BCUT2D eigenvalue weighted by Crippen LogP contribution is -2.49. The minimum Gasteiger partial charge on any atom is -0.309 e. The second-order valence-corrected chi connectivity index (χ2v) is 9.83. The van der Waals surface area contributed by atoms with Crippen molar-refractivity contribution >= 4 is 44.1 Å². The predicted molar refractivity (Wildman–Crippen MR) is 118 cm³/mol. The lowest BCUT2D eigenvalue weighted by atomic mass is 10.2. The average Bonchev–Trinajstić information content (AvgIpc) is 2.75. The first-order chi connectivity index (χ1) is 14.3. The van der Waals surface area contributed by atoms with Gasteiger partial charge in [0.15, 0.2) is 0 Å². The van der Waals surface area contributed by atoms with Crippen molar-refractivity contribution in [1.29, 1.82) is 0 Å². The van der Waals surface area contributed by atoms with Crippen LogP contribution in [0.25, 0.3) is 10.9 Å². The summed E-state index contributed by atoms with van der Waals surface area (Å²) in [5.41, 5.74) is 0.458. The number of halogens is 2. The molecule has 1 aromatic heterocycles. The van der Waals surface area contributed by atoms with E-state index in [9.17, 15) is 13.2 Å². The lowest BCUT2D eigenvalue weighted by Gasteiger charge is -2.37. The van der Waals surface area contributed by atoms with Gasteiger partial charge in [-0.15, -0.1) is 0 Å². The van der Waals surface area contributed by atoms with Gasteiger partial charge < -0.3 is 4.98 Å². The number of H-pyrrole nitrogens is 1. The highest BCUT2D eigenvalue weighted by Gasteiger charge is 2.32. The van der Waals surface area contributed by atoms with E-state index in [4.69, 9.17) is 23.2 Å². The first kappa shape index (κ1) is 21.3. The molecule has 4 rings (SSSR count). The summed E-state index contributed by atoms with van der Waals surface area (Å²) in [6, 6.07) is 11.6. The molecule has 1 aliphatic rings. The van der Waals surface area contributed by atoms with Crippen molar-refractivity contribution in [2.24, 2.45) is 0 Å². The van der Waals surface area contributed by atoms with Gasteiger partial charge in [0.05, 0.1) is 27.0 Å². The standard InChI is InChI=1S/C20H20Cl2N4O3S/c1-13(19-23-16-7-3-2-5-14(16)20(27)24-19)25-9-11-26(12-10-25)30(28,29)17-8-4-6-15(21)18(17)22/h2-8,13H,9-12H2,1H3,(H,23,24,27)/t13-/m1/s1.